The van der Waals surface area contributed by atoms with Gasteiger partial charge in [-0.25, -0.2) is 4.98 Å². The fraction of sp³-hybridized carbons (Fsp3) is 0.294. The van der Waals surface area contributed by atoms with Crippen molar-refractivity contribution < 1.29 is 14.3 Å². The highest BCUT2D eigenvalue weighted by atomic mass is 16.5. The topological polar surface area (TPSA) is 72.5 Å². The first-order chi connectivity index (χ1) is 11.3. The zero-order valence-corrected chi connectivity index (χ0v) is 13.1. The number of benzene rings is 1. The number of aromatic nitrogens is 1. The average Bonchev–Trinajstić information content (AvgIpc) is 2.59. The molecule has 0 spiro atoms. The molecular weight excluding hydrogens is 294 g/mol. The molecule has 2 aromatic rings. The summed E-state index contributed by atoms with van der Waals surface area (Å²) in [5.41, 5.74) is 0.913. The van der Waals surface area contributed by atoms with Crippen molar-refractivity contribution in [2.45, 2.75) is 6.54 Å². The molecule has 2 N–H and O–H groups in total. The molecule has 0 saturated heterocycles. The van der Waals surface area contributed by atoms with E-state index in [1.165, 1.54) is 0 Å². The summed E-state index contributed by atoms with van der Waals surface area (Å²) in [6.45, 7) is 1.94. The van der Waals surface area contributed by atoms with Gasteiger partial charge < -0.3 is 20.1 Å². The summed E-state index contributed by atoms with van der Waals surface area (Å²) in [6.07, 6.45) is 1.69. The molecule has 6 nitrogen and oxygen atoms in total. The van der Waals surface area contributed by atoms with Gasteiger partial charge in [0.2, 0.25) is 11.8 Å². The van der Waals surface area contributed by atoms with Gasteiger partial charge >= 0.3 is 0 Å². The Balaban J connectivity index is 1.73. The maximum atomic E-state index is 11.6. The van der Waals surface area contributed by atoms with Crippen molar-refractivity contribution in [1.29, 1.82) is 0 Å². The van der Waals surface area contributed by atoms with Gasteiger partial charge in [-0.15, -0.1) is 0 Å². The number of hydrogen-bond donors (Lipinski definition) is 2. The van der Waals surface area contributed by atoms with Gasteiger partial charge in [-0.2, -0.15) is 0 Å². The predicted octanol–water partition coefficient (Wildman–Crippen LogP) is 1.73. The minimum atomic E-state index is -0.0642. The molecule has 1 heterocycles. The van der Waals surface area contributed by atoms with E-state index in [4.69, 9.17) is 9.47 Å². The number of rotatable bonds is 9. The first kappa shape index (κ1) is 16.9. The normalized spacial score (nSPS) is 10.3. The number of ether oxygens (including phenoxy) is 2. The van der Waals surface area contributed by atoms with E-state index in [0.29, 0.717) is 25.6 Å². The maximum Gasteiger partial charge on any atom is 0.234 e. The van der Waals surface area contributed by atoms with Crippen molar-refractivity contribution in [3.05, 3.63) is 54.2 Å². The van der Waals surface area contributed by atoms with Crippen LogP contribution in [0.2, 0.25) is 0 Å². The van der Waals surface area contributed by atoms with Crippen LogP contribution in [0.3, 0.4) is 0 Å². The second kappa shape index (κ2) is 9.55. The first-order valence-corrected chi connectivity index (χ1v) is 7.42. The molecule has 0 radical (unpaired) electrons. The monoisotopic (exact) mass is 315 g/mol. The van der Waals surface area contributed by atoms with E-state index < -0.39 is 0 Å². The highest BCUT2D eigenvalue weighted by Gasteiger charge is 2.02. The van der Waals surface area contributed by atoms with Gasteiger partial charge in [0.05, 0.1) is 13.2 Å². The predicted molar refractivity (Wildman–Crippen MR) is 87.3 cm³/mol. The van der Waals surface area contributed by atoms with Crippen molar-refractivity contribution in [2.24, 2.45) is 0 Å². The molecule has 122 valence electrons. The van der Waals surface area contributed by atoms with Crippen LogP contribution in [0.5, 0.6) is 11.6 Å². The van der Waals surface area contributed by atoms with E-state index in [1.807, 2.05) is 36.4 Å². The standard InChI is InChI=1S/C17H21N3O3/c1-22-10-9-18-13-16(21)19-11-14-7-8-17(20-12-14)23-15-5-3-2-4-6-15/h2-8,12,18H,9-11,13H2,1H3,(H,19,21). The van der Waals surface area contributed by atoms with Crippen LogP contribution in [0.1, 0.15) is 5.56 Å². The van der Waals surface area contributed by atoms with Crippen LogP contribution in [0.15, 0.2) is 48.7 Å². The van der Waals surface area contributed by atoms with Crippen molar-refractivity contribution >= 4 is 5.91 Å². The highest BCUT2D eigenvalue weighted by Crippen LogP contribution is 2.18. The van der Waals surface area contributed by atoms with Gasteiger partial charge in [0.25, 0.3) is 0 Å². The molecule has 0 atom stereocenters. The van der Waals surface area contributed by atoms with Crippen LogP contribution in [0.25, 0.3) is 0 Å². The van der Waals surface area contributed by atoms with Crippen molar-refractivity contribution in [3.63, 3.8) is 0 Å². The quantitative estimate of drug-likeness (QED) is 0.690. The van der Waals surface area contributed by atoms with Crippen molar-refractivity contribution in [1.82, 2.24) is 15.6 Å². The SMILES string of the molecule is COCCNCC(=O)NCc1ccc(Oc2ccccc2)nc1. The summed E-state index contributed by atoms with van der Waals surface area (Å²) >= 11 is 0. The Morgan fingerprint density at radius 2 is 2.00 bits per heavy atom. The molecule has 6 heteroatoms. The summed E-state index contributed by atoms with van der Waals surface area (Å²) in [5, 5.41) is 5.81. The number of hydrogen-bond acceptors (Lipinski definition) is 5. The lowest BCUT2D eigenvalue weighted by Gasteiger charge is -2.08. The summed E-state index contributed by atoms with van der Waals surface area (Å²) in [4.78, 5) is 15.9. The molecule has 23 heavy (non-hydrogen) atoms. The van der Waals surface area contributed by atoms with Crippen molar-refractivity contribution in [3.8, 4) is 11.6 Å². The van der Waals surface area contributed by atoms with Gasteiger partial charge in [0.15, 0.2) is 0 Å². The molecule has 0 saturated carbocycles. The molecule has 1 aromatic carbocycles. The van der Waals surface area contributed by atoms with E-state index in [-0.39, 0.29) is 12.5 Å². The van der Waals surface area contributed by atoms with E-state index in [9.17, 15) is 4.79 Å². The number of nitrogens with zero attached hydrogens (tertiary/aromatic N) is 1. The van der Waals surface area contributed by atoms with Crippen molar-refractivity contribution in [2.75, 3.05) is 26.8 Å². The van der Waals surface area contributed by atoms with Gasteiger partial charge in [-0.05, 0) is 17.7 Å². The maximum absolute atomic E-state index is 11.6. The van der Waals surface area contributed by atoms with Crippen LogP contribution in [-0.4, -0.2) is 37.7 Å². The zero-order valence-electron chi connectivity index (χ0n) is 13.1. The fourth-order valence-electron chi connectivity index (χ4n) is 1.82. The minimum Gasteiger partial charge on any atom is -0.439 e. The number of amides is 1. The Hall–Kier alpha value is -2.44. The average molecular weight is 315 g/mol. The van der Waals surface area contributed by atoms with E-state index >= 15 is 0 Å². The van der Waals surface area contributed by atoms with Crippen LogP contribution < -0.4 is 15.4 Å². The molecule has 0 fully saturated rings. The Morgan fingerprint density at radius 3 is 2.70 bits per heavy atom. The number of methoxy groups -OCH3 is 1. The molecule has 0 aliphatic heterocycles. The molecule has 0 bridgehead atoms. The van der Waals surface area contributed by atoms with Crippen LogP contribution in [-0.2, 0) is 16.1 Å². The van der Waals surface area contributed by atoms with E-state index in [2.05, 4.69) is 15.6 Å². The lowest BCUT2D eigenvalue weighted by atomic mass is 10.3. The molecule has 1 aromatic heterocycles. The third kappa shape index (κ3) is 6.46. The smallest absolute Gasteiger partial charge is 0.234 e. The van der Waals surface area contributed by atoms with E-state index in [0.717, 1.165) is 11.3 Å². The molecule has 0 unspecified atom stereocenters. The largest absolute Gasteiger partial charge is 0.439 e. The zero-order chi connectivity index (χ0) is 16.3. The fourth-order valence-corrected chi connectivity index (χ4v) is 1.82. The van der Waals surface area contributed by atoms with Gasteiger partial charge in [-0.1, -0.05) is 24.3 Å². The Labute approximate surface area is 135 Å². The van der Waals surface area contributed by atoms with Gasteiger partial charge in [-0.3, -0.25) is 4.79 Å². The Bertz CT molecular complexity index is 588. The Morgan fingerprint density at radius 1 is 1.17 bits per heavy atom. The van der Waals surface area contributed by atoms with E-state index in [1.54, 1.807) is 19.4 Å². The summed E-state index contributed by atoms with van der Waals surface area (Å²) in [7, 11) is 1.62. The third-order valence-corrected chi connectivity index (χ3v) is 3.02. The first-order valence-electron chi connectivity index (χ1n) is 7.42. The summed E-state index contributed by atoms with van der Waals surface area (Å²) in [6, 6.07) is 13.1. The minimum absolute atomic E-state index is 0.0642. The Kier molecular flexibility index (Phi) is 7.03. The highest BCUT2D eigenvalue weighted by molar-refractivity contribution is 5.77. The molecule has 0 aliphatic rings. The molecule has 1 amide bonds. The second-order valence-corrected chi connectivity index (χ2v) is 4.87. The summed E-state index contributed by atoms with van der Waals surface area (Å²) < 4.78 is 10.5. The van der Waals surface area contributed by atoms with Gasteiger partial charge in [0.1, 0.15) is 5.75 Å². The lowest BCUT2D eigenvalue weighted by molar-refractivity contribution is -0.120. The number of carbonyl (C=O) groups is 1. The van der Waals surface area contributed by atoms with Crippen LogP contribution >= 0.6 is 0 Å². The number of carbonyl (C=O) groups excluding carboxylic acids is 1. The third-order valence-electron chi connectivity index (χ3n) is 3.02. The van der Waals surface area contributed by atoms with Gasteiger partial charge in [0, 0.05) is 32.5 Å². The second-order valence-electron chi connectivity index (χ2n) is 4.87. The van der Waals surface area contributed by atoms with Crippen LogP contribution in [0.4, 0.5) is 0 Å². The number of para-hydroxylation sites is 1. The summed E-state index contributed by atoms with van der Waals surface area (Å²) in [5.74, 6) is 1.20. The molecule has 2 rings (SSSR count). The number of nitrogens with one attached hydrogen (secondary N) is 2. The van der Waals surface area contributed by atoms with Crippen LogP contribution in [0, 0.1) is 0 Å². The lowest BCUT2D eigenvalue weighted by Crippen LogP contribution is -2.34. The molecular formula is C17H21N3O3. The number of pyridine rings is 1. The molecule has 0 aliphatic carbocycles.